The second kappa shape index (κ2) is 6.83. The average Bonchev–Trinajstić information content (AvgIpc) is 3.00. The van der Waals surface area contributed by atoms with Crippen LogP contribution in [0.25, 0.3) is 0 Å². The second-order valence-corrected chi connectivity index (χ2v) is 5.78. The van der Waals surface area contributed by atoms with Gasteiger partial charge in [-0.2, -0.15) is 0 Å². The summed E-state index contributed by atoms with van der Waals surface area (Å²) in [5.41, 5.74) is 3.00. The van der Waals surface area contributed by atoms with Crippen molar-refractivity contribution in [1.82, 2.24) is 25.2 Å². The minimum atomic E-state index is 0.485. The Balaban J connectivity index is 1.42. The van der Waals surface area contributed by atoms with Gasteiger partial charge in [-0.25, -0.2) is 0 Å². The van der Waals surface area contributed by atoms with Crippen LogP contribution in [-0.2, 0) is 19.5 Å². The van der Waals surface area contributed by atoms with Crippen LogP contribution in [0.15, 0.2) is 36.7 Å². The third-order valence-electron chi connectivity index (χ3n) is 4.05. The molecular formula is C16H23N5. The van der Waals surface area contributed by atoms with Crippen LogP contribution in [0.4, 0.5) is 0 Å². The van der Waals surface area contributed by atoms with Crippen LogP contribution in [0, 0.1) is 0 Å². The van der Waals surface area contributed by atoms with Crippen LogP contribution in [-0.4, -0.2) is 45.6 Å². The number of rotatable bonds is 6. The van der Waals surface area contributed by atoms with E-state index in [1.54, 1.807) is 6.20 Å². The summed E-state index contributed by atoms with van der Waals surface area (Å²) in [6, 6.07) is 9.28. The zero-order valence-corrected chi connectivity index (χ0v) is 12.6. The van der Waals surface area contributed by atoms with Gasteiger partial charge in [-0.05, 0) is 24.5 Å². The zero-order chi connectivity index (χ0) is 14.5. The molecule has 1 unspecified atom stereocenters. The number of nitrogens with zero attached hydrogens (tertiary/aromatic N) is 4. The lowest BCUT2D eigenvalue weighted by Crippen LogP contribution is -2.42. The second-order valence-electron chi connectivity index (χ2n) is 5.78. The van der Waals surface area contributed by atoms with Gasteiger partial charge in [0.25, 0.3) is 0 Å². The summed E-state index contributed by atoms with van der Waals surface area (Å²) in [6.45, 7) is 7.37. The van der Waals surface area contributed by atoms with Crippen molar-refractivity contribution in [2.24, 2.45) is 0 Å². The highest BCUT2D eigenvalue weighted by atomic mass is 15.4. The largest absolute Gasteiger partial charge is 0.311 e. The number of hydrogen-bond donors (Lipinski definition) is 1. The standard InChI is InChI=1S/C16H23N5/c1-14(17-7-10-21-11-8-18-19-21)12-20-9-6-15-4-2-3-5-16(15)13-20/h2-5,8,11,14,17H,6-7,9-10,12-13H2,1H3. The normalized spacial score (nSPS) is 16.6. The van der Waals surface area contributed by atoms with Crippen molar-refractivity contribution in [1.29, 1.82) is 0 Å². The fourth-order valence-electron chi connectivity index (χ4n) is 2.94. The first-order valence-electron chi connectivity index (χ1n) is 7.68. The monoisotopic (exact) mass is 285 g/mol. The minimum Gasteiger partial charge on any atom is -0.311 e. The quantitative estimate of drug-likeness (QED) is 0.869. The van der Waals surface area contributed by atoms with E-state index in [2.05, 4.69) is 51.7 Å². The lowest BCUT2D eigenvalue weighted by molar-refractivity contribution is 0.229. The van der Waals surface area contributed by atoms with Crippen molar-refractivity contribution in [3.05, 3.63) is 47.8 Å². The summed E-state index contributed by atoms with van der Waals surface area (Å²) >= 11 is 0. The predicted molar refractivity (Wildman–Crippen MR) is 82.9 cm³/mol. The van der Waals surface area contributed by atoms with Crippen molar-refractivity contribution >= 4 is 0 Å². The third kappa shape index (κ3) is 3.89. The molecule has 112 valence electrons. The first-order valence-corrected chi connectivity index (χ1v) is 7.68. The number of fused-ring (bicyclic) bond motifs is 1. The van der Waals surface area contributed by atoms with E-state index in [9.17, 15) is 0 Å². The molecule has 0 bridgehead atoms. The van der Waals surface area contributed by atoms with Crippen LogP contribution in [0.5, 0.6) is 0 Å². The molecule has 21 heavy (non-hydrogen) atoms. The number of hydrogen-bond acceptors (Lipinski definition) is 4. The Kier molecular flexibility index (Phi) is 4.62. The number of benzene rings is 1. The molecule has 1 aromatic heterocycles. The van der Waals surface area contributed by atoms with Crippen molar-refractivity contribution < 1.29 is 0 Å². The molecule has 5 heteroatoms. The Morgan fingerprint density at radius 3 is 2.95 bits per heavy atom. The van der Waals surface area contributed by atoms with Gasteiger partial charge < -0.3 is 5.32 Å². The molecule has 0 radical (unpaired) electrons. The Morgan fingerprint density at radius 2 is 2.14 bits per heavy atom. The topological polar surface area (TPSA) is 46.0 Å². The van der Waals surface area contributed by atoms with Crippen molar-refractivity contribution in [3.8, 4) is 0 Å². The van der Waals surface area contributed by atoms with E-state index in [1.807, 2.05) is 10.9 Å². The highest BCUT2D eigenvalue weighted by Crippen LogP contribution is 2.18. The molecule has 2 aromatic rings. The summed E-state index contributed by atoms with van der Waals surface area (Å²) in [5, 5.41) is 11.3. The SMILES string of the molecule is CC(CN1CCc2ccccc2C1)NCCn1ccnn1. The van der Waals surface area contributed by atoms with Crippen LogP contribution in [0.1, 0.15) is 18.1 Å². The number of aromatic nitrogens is 3. The minimum absolute atomic E-state index is 0.485. The van der Waals surface area contributed by atoms with Gasteiger partial charge in [0.15, 0.2) is 0 Å². The summed E-state index contributed by atoms with van der Waals surface area (Å²) in [5.74, 6) is 0. The van der Waals surface area contributed by atoms with Gasteiger partial charge in [-0.3, -0.25) is 9.58 Å². The van der Waals surface area contributed by atoms with E-state index in [-0.39, 0.29) is 0 Å². The molecule has 0 spiro atoms. The van der Waals surface area contributed by atoms with E-state index in [0.717, 1.165) is 32.7 Å². The van der Waals surface area contributed by atoms with E-state index in [4.69, 9.17) is 0 Å². The maximum absolute atomic E-state index is 3.97. The molecular weight excluding hydrogens is 262 g/mol. The van der Waals surface area contributed by atoms with Crippen LogP contribution in [0.3, 0.4) is 0 Å². The Hall–Kier alpha value is -1.72. The van der Waals surface area contributed by atoms with Gasteiger partial charge in [0.05, 0.1) is 12.7 Å². The molecule has 0 amide bonds. The molecule has 0 fully saturated rings. The summed E-state index contributed by atoms with van der Waals surface area (Å²) in [6.07, 6.45) is 4.78. The lowest BCUT2D eigenvalue weighted by Gasteiger charge is -2.31. The van der Waals surface area contributed by atoms with Crippen molar-refractivity contribution in [3.63, 3.8) is 0 Å². The maximum atomic E-state index is 3.97. The van der Waals surface area contributed by atoms with Gasteiger partial charge in [-0.1, -0.05) is 29.5 Å². The van der Waals surface area contributed by atoms with Crippen molar-refractivity contribution in [2.75, 3.05) is 19.6 Å². The number of nitrogens with one attached hydrogen (secondary N) is 1. The fourth-order valence-corrected chi connectivity index (χ4v) is 2.94. The highest BCUT2D eigenvalue weighted by molar-refractivity contribution is 5.29. The molecule has 1 N–H and O–H groups in total. The lowest BCUT2D eigenvalue weighted by atomic mass is 10.00. The molecule has 3 rings (SSSR count). The molecule has 0 saturated carbocycles. The Labute approximate surface area is 126 Å². The van der Waals surface area contributed by atoms with E-state index >= 15 is 0 Å². The molecule has 0 aliphatic carbocycles. The fraction of sp³-hybridized carbons (Fsp3) is 0.500. The summed E-state index contributed by atoms with van der Waals surface area (Å²) in [7, 11) is 0. The first kappa shape index (κ1) is 14.2. The van der Waals surface area contributed by atoms with Gasteiger partial charge in [0, 0.05) is 38.4 Å². The Bertz CT molecular complexity index is 552. The molecule has 1 aromatic carbocycles. The van der Waals surface area contributed by atoms with Gasteiger partial charge >= 0.3 is 0 Å². The Morgan fingerprint density at radius 1 is 1.29 bits per heavy atom. The third-order valence-corrected chi connectivity index (χ3v) is 4.05. The highest BCUT2D eigenvalue weighted by Gasteiger charge is 2.17. The summed E-state index contributed by atoms with van der Waals surface area (Å²) < 4.78 is 1.86. The first-order chi connectivity index (χ1) is 10.3. The van der Waals surface area contributed by atoms with Crippen LogP contribution >= 0.6 is 0 Å². The van der Waals surface area contributed by atoms with E-state index in [0.29, 0.717) is 6.04 Å². The van der Waals surface area contributed by atoms with Crippen molar-refractivity contribution in [2.45, 2.75) is 32.5 Å². The van der Waals surface area contributed by atoms with E-state index in [1.165, 1.54) is 17.5 Å². The molecule has 0 saturated heterocycles. The molecule has 1 aliphatic rings. The maximum Gasteiger partial charge on any atom is 0.0692 e. The molecule has 1 aliphatic heterocycles. The van der Waals surface area contributed by atoms with Gasteiger partial charge in [0.2, 0.25) is 0 Å². The molecule has 1 atom stereocenters. The van der Waals surface area contributed by atoms with Gasteiger partial charge in [0.1, 0.15) is 0 Å². The molecule has 5 nitrogen and oxygen atoms in total. The molecule has 2 heterocycles. The summed E-state index contributed by atoms with van der Waals surface area (Å²) in [4.78, 5) is 2.54. The zero-order valence-electron chi connectivity index (χ0n) is 12.6. The van der Waals surface area contributed by atoms with E-state index < -0.39 is 0 Å². The predicted octanol–water partition coefficient (Wildman–Crippen LogP) is 1.31. The smallest absolute Gasteiger partial charge is 0.0692 e. The van der Waals surface area contributed by atoms with Crippen LogP contribution < -0.4 is 5.32 Å². The average molecular weight is 285 g/mol. The van der Waals surface area contributed by atoms with Gasteiger partial charge in [-0.15, -0.1) is 5.10 Å². The van der Waals surface area contributed by atoms with Crippen LogP contribution in [0.2, 0.25) is 0 Å².